The van der Waals surface area contributed by atoms with E-state index in [1.54, 1.807) is 0 Å². The van der Waals surface area contributed by atoms with Crippen LogP contribution in [0.15, 0.2) is 24.3 Å². The molecule has 29 heavy (non-hydrogen) atoms. The van der Waals surface area contributed by atoms with Crippen molar-refractivity contribution in [2.45, 2.75) is 71.4 Å². The summed E-state index contributed by atoms with van der Waals surface area (Å²) in [7, 11) is 0. The zero-order valence-electron chi connectivity index (χ0n) is 17.8. The molecule has 1 N–H and O–H groups in total. The van der Waals surface area contributed by atoms with E-state index in [9.17, 15) is 4.79 Å². The number of hydrogen-bond donors (Lipinski definition) is 1. The van der Waals surface area contributed by atoms with Crippen molar-refractivity contribution < 1.29 is 19.0 Å². The van der Waals surface area contributed by atoms with Crippen molar-refractivity contribution in [3.63, 3.8) is 0 Å². The Bertz CT molecular complexity index is 772. The van der Waals surface area contributed by atoms with E-state index in [4.69, 9.17) is 14.2 Å². The SMILES string of the molecule is CC(C)[C@@H]1CC[C@@H](C)C[C@H]1OC(=O)N[C@@H]1CCCC=C1c1ccc2c(c1)OCO2. The predicted molar refractivity (Wildman–Crippen MR) is 113 cm³/mol. The van der Waals surface area contributed by atoms with Crippen LogP contribution in [0.5, 0.6) is 11.5 Å². The lowest BCUT2D eigenvalue weighted by molar-refractivity contribution is 0.00549. The average molecular weight is 400 g/mol. The molecule has 5 nitrogen and oxygen atoms in total. The van der Waals surface area contributed by atoms with Gasteiger partial charge in [0.1, 0.15) is 6.10 Å². The summed E-state index contributed by atoms with van der Waals surface area (Å²) in [5.74, 6) is 3.14. The smallest absolute Gasteiger partial charge is 0.407 e. The molecule has 0 aromatic heterocycles. The summed E-state index contributed by atoms with van der Waals surface area (Å²) in [4.78, 5) is 12.8. The maximum atomic E-state index is 12.8. The van der Waals surface area contributed by atoms with E-state index in [2.05, 4.69) is 32.2 Å². The Hall–Kier alpha value is -2.17. The van der Waals surface area contributed by atoms with Crippen molar-refractivity contribution in [3.8, 4) is 11.5 Å². The van der Waals surface area contributed by atoms with Gasteiger partial charge in [0.15, 0.2) is 11.5 Å². The van der Waals surface area contributed by atoms with Gasteiger partial charge in [-0.3, -0.25) is 0 Å². The standard InChI is InChI=1S/C24H33NO4/c1-15(2)18-10-8-16(3)12-22(18)29-24(26)25-20-7-5-4-6-19(20)17-9-11-21-23(13-17)28-14-27-21/h6,9,11,13,15-16,18,20,22H,4-5,7-8,10,12,14H2,1-3H3,(H,25,26)/t16-,18+,20-,22-/m1/s1. The summed E-state index contributed by atoms with van der Waals surface area (Å²) in [5, 5.41) is 3.16. The van der Waals surface area contributed by atoms with Gasteiger partial charge < -0.3 is 19.5 Å². The van der Waals surface area contributed by atoms with Gasteiger partial charge in [-0.1, -0.05) is 39.3 Å². The fraction of sp³-hybridized carbons (Fsp3) is 0.625. The van der Waals surface area contributed by atoms with Crippen LogP contribution in [0.3, 0.4) is 0 Å². The number of benzene rings is 1. The molecular formula is C24H33NO4. The Morgan fingerprint density at radius 3 is 2.83 bits per heavy atom. The predicted octanol–water partition coefficient (Wildman–Crippen LogP) is 5.54. The van der Waals surface area contributed by atoms with E-state index in [0.717, 1.165) is 54.7 Å². The van der Waals surface area contributed by atoms with Crippen LogP contribution in [0.25, 0.3) is 5.57 Å². The quantitative estimate of drug-likeness (QED) is 0.722. The number of alkyl carbamates (subject to hydrolysis) is 1. The number of allylic oxidation sites excluding steroid dienone is 1. The van der Waals surface area contributed by atoms with E-state index >= 15 is 0 Å². The van der Waals surface area contributed by atoms with E-state index in [1.807, 2.05) is 18.2 Å². The second-order valence-corrected chi connectivity index (χ2v) is 9.13. The highest BCUT2D eigenvalue weighted by molar-refractivity contribution is 5.77. The van der Waals surface area contributed by atoms with Gasteiger partial charge in [-0.15, -0.1) is 0 Å². The molecule has 4 rings (SSSR count). The molecule has 1 aliphatic heterocycles. The molecule has 3 aliphatic rings. The summed E-state index contributed by atoms with van der Waals surface area (Å²) in [6, 6.07) is 5.97. The third kappa shape index (κ3) is 4.54. The van der Waals surface area contributed by atoms with Crippen LogP contribution in [0, 0.1) is 17.8 Å². The lowest BCUT2D eigenvalue weighted by atomic mass is 9.75. The normalized spacial score (nSPS) is 28.8. The van der Waals surface area contributed by atoms with Crippen molar-refractivity contribution >= 4 is 11.7 Å². The van der Waals surface area contributed by atoms with Gasteiger partial charge in [0.05, 0.1) is 6.04 Å². The Balaban J connectivity index is 1.44. The van der Waals surface area contributed by atoms with Crippen LogP contribution in [0.4, 0.5) is 4.79 Å². The van der Waals surface area contributed by atoms with Crippen LogP contribution in [0.1, 0.15) is 64.9 Å². The zero-order valence-corrected chi connectivity index (χ0v) is 17.8. The molecule has 0 radical (unpaired) electrons. The molecule has 2 aliphatic carbocycles. The Morgan fingerprint density at radius 1 is 1.17 bits per heavy atom. The molecular weight excluding hydrogens is 366 g/mol. The first-order valence-electron chi connectivity index (χ1n) is 11.1. The van der Waals surface area contributed by atoms with E-state index in [1.165, 1.54) is 6.42 Å². The third-order valence-corrected chi connectivity index (χ3v) is 6.65. The van der Waals surface area contributed by atoms with Gasteiger partial charge in [-0.2, -0.15) is 0 Å². The molecule has 4 atom stereocenters. The number of carbonyl (C=O) groups excluding carboxylic acids is 1. The minimum absolute atomic E-state index is 0.0142. The van der Waals surface area contributed by atoms with Gasteiger partial charge in [0.2, 0.25) is 6.79 Å². The van der Waals surface area contributed by atoms with Gasteiger partial charge >= 0.3 is 6.09 Å². The lowest BCUT2D eigenvalue weighted by Crippen LogP contribution is -2.42. The maximum Gasteiger partial charge on any atom is 0.407 e. The van der Waals surface area contributed by atoms with Crippen molar-refractivity contribution in [3.05, 3.63) is 29.8 Å². The largest absolute Gasteiger partial charge is 0.454 e. The molecule has 158 valence electrons. The van der Waals surface area contributed by atoms with Crippen molar-refractivity contribution in [2.75, 3.05) is 6.79 Å². The first kappa shape index (κ1) is 20.1. The second-order valence-electron chi connectivity index (χ2n) is 9.13. The summed E-state index contributed by atoms with van der Waals surface area (Å²) >= 11 is 0. The van der Waals surface area contributed by atoms with E-state index < -0.39 is 0 Å². The summed E-state index contributed by atoms with van der Waals surface area (Å²) in [6.45, 7) is 6.99. The molecule has 0 unspecified atom stereocenters. The third-order valence-electron chi connectivity index (χ3n) is 6.65. The molecule has 0 saturated heterocycles. The highest BCUT2D eigenvalue weighted by Crippen LogP contribution is 2.38. The lowest BCUT2D eigenvalue weighted by Gasteiger charge is -2.37. The molecule has 1 aromatic rings. The summed E-state index contributed by atoms with van der Waals surface area (Å²) in [6.07, 6.45) is 8.29. The van der Waals surface area contributed by atoms with Crippen LogP contribution in [-0.4, -0.2) is 25.0 Å². The first-order chi connectivity index (χ1) is 14.0. The fourth-order valence-corrected chi connectivity index (χ4v) is 4.99. The number of ether oxygens (including phenoxy) is 3. The second kappa shape index (κ2) is 8.68. The Kier molecular flexibility index (Phi) is 6.02. The number of rotatable bonds is 4. The van der Waals surface area contributed by atoms with Crippen molar-refractivity contribution in [1.29, 1.82) is 0 Å². The highest BCUT2D eigenvalue weighted by Gasteiger charge is 2.34. The molecule has 1 aromatic carbocycles. The van der Waals surface area contributed by atoms with Crippen LogP contribution >= 0.6 is 0 Å². The molecule has 1 saturated carbocycles. The summed E-state index contributed by atoms with van der Waals surface area (Å²) in [5.41, 5.74) is 2.22. The Morgan fingerprint density at radius 2 is 2.00 bits per heavy atom. The average Bonchev–Trinajstić information content (AvgIpc) is 3.16. The van der Waals surface area contributed by atoms with E-state index in [-0.39, 0.29) is 25.0 Å². The van der Waals surface area contributed by atoms with Crippen molar-refractivity contribution in [1.82, 2.24) is 5.32 Å². The van der Waals surface area contributed by atoms with Crippen molar-refractivity contribution in [2.24, 2.45) is 17.8 Å². The van der Waals surface area contributed by atoms with Gasteiger partial charge in [-0.25, -0.2) is 4.79 Å². The minimum Gasteiger partial charge on any atom is -0.454 e. The highest BCUT2D eigenvalue weighted by atomic mass is 16.7. The van der Waals surface area contributed by atoms with Gasteiger partial charge in [0, 0.05) is 0 Å². The number of fused-ring (bicyclic) bond motifs is 1. The zero-order chi connectivity index (χ0) is 20.4. The first-order valence-corrected chi connectivity index (χ1v) is 11.1. The molecule has 5 heteroatoms. The van der Waals surface area contributed by atoms with Crippen LogP contribution in [-0.2, 0) is 4.74 Å². The maximum absolute atomic E-state index is 12.8. The molecule has 1 amide bonds. The molecule has 1 fully saturated rings. The monoisotopic (exact) mass is 399 g/mol. The Labute approximate surface area is 173 Å². The molecule has 0 spiro atoms. The van der Waals surface area contributed by atoms with Crippen LogP contribution < -0.4 is 14.8 Å². The molecule has 1 heterocycles. The number of nitrogens with one attached hydrogen (secondary N) is 1. The molecule has 0 bridgehead atoms. The summed E-state index contributed by atoms with van der Waals surface area (Å²) < 4.78 is 16.9. The van der Waals surface area contributed by atoms with Gasteiger partial charge in [-0.05, 0) is 73.1 Å². The van der Waals surface area contributed by atoms with Crippen LogP contribution in [0.2, 0.25) is 0 Å². The number of carbonyl (C=O) groups is 1. The number of amides is 1. The van der Waals surface area contributed by atoms with E-state index in [0.29, 0.717) is 17.8 Å². The minimum atomic E-state index is -0.284. The topological polar surface area (TPSA) is 56.8 Å². The van der Waals surface area contributed by atoms with Gasteiger partial charge in [0.25, 0.3) is 0 Å². The fourth-order valence-electron chi connectivity index (χ4n) is 4.99. The number of hydrogen-bond acceptors (Lipinski definition) is 4.